The average Bonchev–Trinajstić information content (AvgIpc) is 3.12. The van der Waals surface area contributed by atoms with Crippen molar-refractivity contribution >= 4 is 16.9 Å². The third kappa shape index (κ3) is 3.43. The van der Waals surface area contributed by atoms with E-state index in [1.165, 1.54) is 0 Å². The molecule has 0 saturated heterocycles. The molecule has 6 heteroatoms. The van der Waals surface area contributed by atoms with Crippen molar-refractivity contribution in [1.29, 1.82) is 0 Å². The maximum absolute atomic E-state index is 9.61. The number of anilines is 1. The summed E-state index contributed by atoms with van der Waals surface area (Å²) in [4.78, 5) is 8.99. The zero-order chi connectivity index (χ0) is 17.9. The van der Waals surface area contributed by atoms with E-state index in [1.807, 2.05) is 41.1 Å². The monoisotopic (exact) mass is 352 g/mol. The van der Waals surface area contributed by atoms with E-state index in [1.54, 1.807) is 6.20 Å². The van der Waals surface area contributed by atoms with Crippen LogP contribution in [0.15, 0.2) is 42.7 Å². The third-order valence-electron chi connectivity index (χ3n) is 5.25. The number of benzene rings is 1. The number of hydrogen-bond acceptors (Lipinski definition) is 5. The fraction of sp³-hybridized carbons (Fsp3) is 0.400. The van der Waals surface area contributed by atoms with Crippen LogP contribution in [0.1, 0.15) is 31.2 Å². The Bertz CT molecular complexity index is 884. The highest BCUT2D eigenvalue weighted by molar-refractivity contribution is 5.85. The van der Waals surface area contributed by atoms with Gasteiger partial charge in [0.25, 0.3) is 0 Å². The van der Waals surface area contributed by atoms with Crippen LogP contribution >= 0.6 is 0 Å². The Labute approximate surface area is 152 Å². The number of nitrogens with one attached hydrogen (secondary N) is 1. The fourth-order valence-electron chi connectivity index (χ4n) is 3.72. The lowest BCUT2D eigenvalue weighted by atomic mass is 9.87. The SMILES string of the molecule is OCc1cccc2c1ccn2-c1ccnc(NCC2CCC(O)CC2)n1. The Balaban J connectivity index is 1.53. The summed E-state index contributed by atoms with van der Waals surface area (Å²) in [6.45, 7) is 0.852. The number of nitrogens with zero attached hydrogens (tertiary/aromatic N) is 3. The summed E-state index contributed by atoms with van der Waals surface area (Å²) in [5, 5.41) is 23.5. The van der Waals surface area contributed by atoms with Gasteiger partial charge in [-0.05, 0) is 55.4 Å². The van der Waals surface area contributed by atoms with Gasteiger partial charge in [0.1, 0.15) is 5.82 Å². The van der Waals surface area contributed by atoms with Crippen LogP contribution in [0.3, 0.4) is 0 Å². The highest BCUT2D eigenvalue weighted by atomic mass is 16.3. The van der Waals surface area contributed by atoms with Gasteiger partial charge in [0.2, 0.25) is 5.95 Å². The molecule has 4 rings (SSSR count). The number of fused-ring (bicyclic) bond motifs is 1. The van der Waals surface area contributed by atoms with Gasteiger partial charge < -0.3 is 20.1 Å². The van der Waals surface area contributed by atoms with Crippen LogP contribution in [-0.2, 0) is 6.61 Å². The lowest BCUT2D eigenvalue weighted by Crippen LogP contribution is -2.24. The van der Waals surface area contributed by atoms with E-state index in [9.17, 15) is 10.2 Å². The van der Waals surface area contributed by atoms with Gasteiger partial charge in [-0.1, -0.05) is 12.1 Å². The van der Waals surface area contributed by atoms with E-state index in [0.29, 0.717) is 11.9 Å². The van der Waals surface area contributed by atoms with E-state index < -0.39 is 0 Å². The van der Waals surface area contributed by atoms with E-state index in [4.69, 9.17) is 0 Å². The molecular weight excluding hydrogens is 328 g/mol. The zero-order valence-corrected chi connectivity index (χ0v) is 14.7. The Hall–Kier alpha value is -2.44. The number of aromatic nitrogens is 3. The highest BCUT2D eigenvalue weighted by Gasteiger charge is 2.19. The zero-order valence-electron chi connectivity index (χ0n) is 14.7. The van der Waals surface area contributed by atoms with E-state index >= 15 is 0 Å². The molecule has 136 valence electrons. The van der Waals surface area contributed by atoms with Gasteiger partial charge in [-0.3, -0.25) is 0 Å². The molecule has 2 aromatic heterocycles. The van der Waals surface area contributed by atoms with Gasteiger partial charge >= 0.3 is 0 Å². The van der Waals surface area contributed by atoms with Crippen molar-refractivity contribution < 1.29 is 10.2 Å². The van der Waals surface area contributed by atoms with Crippen molar-refractivity contribution in [2.75, 3.05) is 11.9 Å². The molecule has 1 aliphatic rings. The quantitative estimate of drug-likeness (QED) is 0.658. The number of aliphatic hydroxyl groups is 2. The number of aliphatic hydroxyl groups excluding tert-OH is 2. The molecule has 26 heavy (non-hydrogen) atoms. The smallest absolute Gasteiger partial charge is 0.224 e. The first-order valence-electron chi connectivity index (χ1n) is 9.20. The Morgan fingerprint density at radius 1 is 1.12 bits per heavy atom. The normalized spacial score (nSPS) is 20.4. The first kappa shape index (κ1) is 17.0. The summed E-state index contributed by atoms with van der Waals surface area (Å²) in [6.07, 6.45) is 7.46. The number of rotatable bonds is 5. The molecule has 3 aromatic rings. The average molecular weight is 352 g/mol. The summed E-state index contributed by atoms with van der Waals surface area (Å²) in [5.74, 6) is 1.98. The second kappa shape index (κ2) is 7.43. The van der Waals surface area contributed by atoms with Crippen molar-refractivity contribution in [3.05, 3.63) is 48.3 Å². The molecule has 1 saturated carbocycles. The van der Waals surface area contributed by atoms with Crippen molar-refractivity contribution in [3.8, 4) is 5.82 Å². The minimum atomic E-state index is -0.128. The third-order valence-corrected chi connectivity index (χ3v) is 5.25. The first-order chi connectivity index (χ1) is 12.7. The second-order valence-electron chi connectivity index (χ2n) is 6.99. The number of hydrogen-bond donors (Lipinski definition) is 3. The van der Waals surface area contributed by atoms with Gasteiger partial charge in [-0.15, -0.1) is 0 Å². The van der Waals surface area contributed by atoms with Gasteiger partial charge in [-0.25, -0.2) is 4.98 Å². The van der Waals surface area contributed by atoms with Gasteiger partial charge in [0, 0.05) is 24.3 Å². The molecule has 1 aromatic carbocycles. The molecule has 0 unspecified atom stereocenters. The predicted molar refractivity (Wildman–Crippen MR) is 101 cm³/mol. The fourth-order valence-corrected chi connectivity index (χ4v) is 3.72. The van der Waals surface area contributed by atoms with Crippen LogP contribution < -0.4 is 5.32 Å². The first-order valence-corrected chi connectivity index (χ1v) is 9.20. The van der Waals surface area contributed by atoms with Crippen LogP contribution in [0.25, 0.3) is 16.7 Å². The van der Waals surface area contributed by atoms with Crippen molar-refractivity contribution in [2.45, 2.75) is 38.4 Å². The van der Waals surface area contributed by atoms with Gasteiger partial charge in [0.15, 0.2) is 0 Å². The summed E-state index contributed by atoms with van der Waals surface area (Å²) < 4.78 is 2.01. The van der Waals surface area contributed by atoms with Crippen LogP contribution in [-0.4, -0.2) is 37.4 Å². The highest BCUT2D eigenvalue weighted by Crippen LogP contribution is 2.25. The minimum Gasteiger partial charge on any atom is -0.393 e. The van der Waals surface area contributed by atoms with E-state index in [2.05, 4.69) is 15.3 Å². The molecule has 0 amide bonds. The molecule has 3 N–H and O–H groups in total. The molecule has 0 radical (unpaired) electrons. The summed E-state index contributed by atoms with van der Waals surface area (Å²) >= 11 is 0. The topological polar surface area (TPSA) is 83.2 Å². The largest absolute Gasteiger partial charge is 0.393 e. The van der Waals surface area contributed by atoms with Gasteiger partial charge in [-0.2, -0.15) is 4.98 Å². The summed E-state index contributed by atoms with van der Waals surface area (Å²) in [7, 11) is 0. The molecule has 0 bridgehead atoms. The van der Waals surface area contributed by atoms with Gasteiger partial charge in [0.05, 0.1) is 18.2 Å². The molecule has 0 atom stereocenters. The van der Waals surface area contributed by atoms with Crippen molar-refractivity contribution in [2.24, 2.45) is 5.92 Å². The molecule has 6 nitrogen and oxygen atoms in total. The molecule has 0 aliphatic heterocycles. The standard InChI is InChI=1S/C20H24N4O2/c25-13-15-2-1-3-18-17(15)9-11-24(18)19-8-10-21-20(23-19)22-12-14-4-6-16(26)7-5-14/h1-3,8-11,14,16,25-26H,4-7,12-13H2,(H,21,22,23). The minimum absolute atomic E-state index is 0.0218. The van der Waals surface area contributed by atoms with Crippen LogP contribution in [0, 0.1) is 5.92 Å². The molecule has 2 heterocycles. The Kier molecular flexibility index (Phi) is 4.86. The maximum Gasteiger partial charge on any atom is 0.224 e. The van der Waals surface area contributed by atoms with Crippen molar-refractivity contribution in [1.82, 2.24) is 14.5 Å². The molecular formula is C20H24N4O2. The Morgan fingerprint density at radius 2 is 1.96 bits per heavy atom. The van der Waals surface area contributed by atoms with Crippen LogP contribution in [0.2, 0.25) is 0 Å². The molecule has 1 fully saturated rings. The lowest BCUT2D eigenvalue weighted by Gasteiger charge is -2.25. The van der Waals surface area contributed by atoms with Crippen LogP contribution in [0.4, 0.5) is 5.95 Å². The molecule has 1 aliphatic carbocycles. The summed E-state index contributed by atoms with van der Waals surface area (Å²) in [6, 6.07) is 9.79. The Morgan fingerprint density at radius 3 is 2.77 bits per heavy atom. The maximum atomic E-state index is 9.61. The lowest BCUT2D eigenvalue weighted by molar-refractivity contribution is 0.111. The molecule has 0 spiro atoms. The van der Waals surface area contributed by atoms with E-state index in [0.717, 1.165) is 54.5 Å². The summed E-state index contributed by atoms with van der Waals surface area (Å²) in [5.41, 5.74) is 1.93. The second-order valence-corrected chi connectivity index (χ2v) is 6.99. The van der Waals surface area contributed by atoms with E-state index in [-0.39, 0.29) is 12.7 Å². The predicted octanol–water partition coefficient (Wildman–Crippen LogP) is 2.88. The van der Waals surface area contributed by atoms with Crippen molar-refractivity contribution in [3.63, 3.8) is 0 Å². The van der Waals surface area contributed by atoms with Crippen LogP contribution in [0.5, 0.6) is 0 Å².